The van der Waals surface area contributed by atoms with E-state index in [1.807, 2.05) is 48.5 Å². The highest BCUT2D eigenvalue weighted by Crippen LogP contribution is 2.40. The summed E-state index contributed by atoms with van der Waals surface area (Å²) in [6.07, 6.45) is -0.377. The summed E-state index contributed by atoms with van der Waals surface area (Å²) in [5.74, 6) is 0.240. The summed E-state index contributed by atoms with van der Waals surface area (Å²) in [5.41, 5.74) is 2.29. The number of hydrogen-bond acceptors (Lipinski definition) is 2. The first kappa shape index (κ1) is 16.8. The van der Waals surface area contributed by atoms with E-state index in [2.05, 4.69) is 19.2 Å². The van der Waals surface area contributed by atoms with Crippen LogP contribution in [0, 0.1) is 11.8 Å². The van der Waals surface area contributed by atoms with Crippen LogP contribution in [-0.2, 0) is 0 Å². The van der Waals surface area contributed by atoms with E-state index in [4.69, 9.17) is 23.2 Å². The van der Waals surface area contributed by atoms with Crippen molar-refractivity contribution in [3.05, 3.63) is 69.7 Å². The van der Waals surface area contributed by atoms with Crippen molar-refractivity contribution in [3.8, 4) is 0 Å². The third-order valence-corrected chi connectivity index (χ3v) is 5.45. The molecule has 1 fully saturated rings. The number of halogens is 2. The van der Waals surface area contributed by atoms with E-state index in [1.54, 1.807) is 0 Å². The van der Waals surface area contributed by atoms with Gasteiger partial charge in [-0.05, 0) is 35.4 Å². The molecule has 0 saturated carbocycles. The van der Waals surface area contributed by atoms with Gasteiger partial charge in [0.1, 0.15) is 0 Å². The summed E-state index contributed by atoms with van der Waals surface area (Å²) in [5, 5.41) is 15.9. The van der Waals surface area contributed by atoms with Crippen molar-refractivity contribution in [1.82, 2.24) is 5.32 Å². The zero-order chi connectivity index (χ0) is 16.6. The number of aliphatic hydroxyl groups excluding tert-OH is 1. The third kappa shape index (κ3) is 3.41. The first-order chi connectivity index (χ1) is 11.0. The average molecular weight is 350 g/mol. The number of hydrogen-bond donors (Lipinski definition) is 2. The molecule has 0 spiro atoms. The van der Waals surface area contributed by atoms with Crippen molar-refractivity contribution >= 4 is 23.2 Å². The predicted octanol–water partition coefficient (Wildman–Crippen LogP) is 5.01. The van der Waals surface area contributed by atoms with Gasteiger partial charge in [-0.25, -0.2) is 0 Å². The number of benzene rings is 2. The van der Waals surface area contributed by atoms with Crippen molar-refractivity contribution in [2.24, 2.45) is 11.8 Å². The second kappa shape index (κ2) is 6.82. The van der Waals surface area contributed by atoms with Gasteiger partial charge in [-0.1, -0.05) is 61.3 Å². The molecule has 1 saturated heterocycles. The SMILES string of the molecule is C[C@@H]1C(O)[C@@H](C)[C@@H](c2ccc(Cl)cc2)N[C@@H]1c1ccc(Cl)cc1. The topological polar surface area (TPSA) is 32.3 Å². The van der Waals surface area contributed by atoms with Crippen molar-refractivity contribution in [1.29, 1.82) is 0 Å². The lowest BCUT2D eigenvalue weighted by atomic mass is 9.75. The Bertz CT molecular complexity index is 599. The molecule has 2 aromatic carbocycles. The van der Waals surface area contributed by atoms with E-state index in [9.17, 15) is 5.11 Å². The van der Waals surface area contributed by atoms with Crippen molar-refractivity contribution in [2.45, 2.75) is 32.0 Å². The predicted molar refractivity (Wildman–Crippen MR) is 95.9 cm³/mol. The maximum Gasteiger partial charge on any atom is 0.0627 e. The molecule has 1 heterocycles. The van der Waals surface area contributed by atoms with E-state index >= 15 is 0 Å². The molecule has 1 aliphatic heterocycles. The highest BCUT2D eigenvalue weighted by Gasteiger charge is 2.40. The minimum Gasteiger partial charge on any atom is -0.392 e. The molecule has 3 rings (SSSR count). The second-order valence-electron chi connectivity index (χ2n) is 6.43. The lowest BCUT2D eigenvalue weighted by Gasteiger charge is -2.44. The summed E-state index contributed by atoms with van der Waals surface area (Å²) in [6.45, 7) is 4.18. The van der Waals surface area contributed by atoms with Gasteiger partial charge in [-0.15, -0.1) is 0 Å². The summed E-state index contributed by atoms with van der Waals surface area (Å²) >= 11 is 12.0. The maximum absolute atomic E-state index is 10.7. The summed E-state index contributed by atoms with van der Waals surface area (Å²) < 4.78 is 0. The van der Waals surface area contributed by atoms with E-state index in [1.165, 1.54) is 0 Å². The average Bonchev–Trinajstić information content (AvgIpc) is 2.55. The summed E-state index contributed by atoms with van der Waals surface area (Å²) in [4.78, 5) is 0. The molecule has 4 atom stereocenters. The molecular weight excluding hydrogens is 329 g/mol. The first-order valence-corrected chi connectivity index (χ1v) is 8.68. The molecule has 2 aromatic rings. The van der Waals surface area contributed by atoms with Crippen LogP contribution in [0.15, 0.2) is 48.5 Å². The molecule has 0 unspecified atom stereocenters. The highest BCUT2D eigenvalue weighted by atomic mass is 35.5. The van der Waals surface area contributed by atoms with E-state index in [-0.39, 0.29) is 30.0 Å². The van der Waals surface area contributed by atoms with E-state index in [0.717, 1.165) is 21.2 Å². The fraction of sp³-hybridized carbons (Fsp3) is 0.368. The Morgan fingerprint density at radius 2 is 1.09 bits per heavy atom. The zero-order valence-corrected chi connectivity index (χ0v) is 14.7. The fourth-order valence-corrected chi connectivity index (χ4v) is 3.76. The lowest BCUT2D eigenvalue weighted by molar-refractivity contribution is -0.00676. The largest absolute Gasteiger partial charge is 0.392 e. The van der Waals surface area contributed by atoms with Gasteiger partial charge >= 0.3 is 0 Å². The minimum atomic E-state index is -0.377. The van der Waals surface area contributed by atoms with Crippen LogP contribution in [0.25, 0.3) is 0 Å². The third-order valence-electron chi connectivity index (χ3n) is 4.95. The summed E-state index contributed by atoms with van der Waals surface area (Å²) in [6, 6.07) is 15.9. The van der Waals surface area contributed by atoms with Gasteiger partial charge in [0.2, 0.25) is 0 Å². The lowest BCUT2D eigenvalue weighted by Crippen LogP contribution is -2.48. The quantitative estimate of drug-likeness (QED) is 0.798. The highest BCUT2D eigenvalue weighted by molar-refractivity contribution is 6.30. The molecule has 2 N–H and O–H groups in total. The van der Waals surface area contributed by atoms with Crippen LogP contribution in [0.1, 0.15) is 37.1 Å². The van der Waals surface area contributed by atoms with Crippen molar-refractivity contribution < 1.29 is 5.11 Å². The van der Waals surface area contributed by atoms with Gasteiger partial charge in [-0.3, -0.25) is 0 Å². The second-order valence-corrected chi connectivity index (χ2v) is 7.31. The zero-order valence-electron chi connectivity index (χ0n) is 13.2. The Morgan fingerprint density at radius 3 is 1.43 bits per heavy atom. The van der Waals surface area contributed by atoms with Crippen molar-refractivity contribution in [3.63, 3.8) is 0 Å². The standard InChI is InChI=1S/C19H21Cl2NO/c1-11-17(13-3-7-15(20)8-4-13)22-18(12(2)19(11)23)14-5-9-16(21)10-6-14/h3-12,17-19,22-23H,1-2H3/t11-,12-,17-,18-/m0/s1. The Balaban J connectivity index is 1.92. The van der Waals surface area contributed by atoms with Gasteiger partial charge in [0.05, 0.1) is 6.10 Å². The molecule has 2 nitrogen and oxygen atoms in total. The Morgan fingerprint density at radius 1 is 0.739 bits per heavy atom. The molecule has 23 heavy (non-hydrogen) atoms. The van der Waals surface area contributed by atoms with Crippen LogP contribution >= 0.6 is 23.2 Å². The Kier molecular flexibility index (Phi) is 4.98. The number of rotatable bonds is 2. The summed E-state index contributed by atoms with van der Waals surface area (Å²) in [7, 11) is 0. The van der Waals surface area contributed by atoms with Crippen LogP contribution in [0.5, 0.6) is 0 Å². The van der Waals surface area contributed by atoms with Crippen LogP contribution in [0.3, 0.4) is 0 Å². The first-order valence-electron chi connectivity index (χ1n) is 7.92. The molecule has 0 aromatic heterocycles. The van der Waals surface area contributed by atoms with E-state index < -0.39 is 0 Å². The van der Waals surface area contributed by atoms with Gasteiger partial charge in [0.25, 0.3) is 0 Å². The normalized spacial score (nSPS) is 31.1. The number of nitrogens with one attached hydrogen (secondary N) is 1. The molecule has 0 amide bonds. The van der Waals surface area contributed by atoms with Gasteiger partial charge in [0, 0.05) is 34.0 Å². The van der Waals surface area contributed by atoms with Crippen LogP contribution in [-0.4, -0.2) is 11.2 Å². The molecule has 4 heteroatoms. The van der Waals surface area contributed by atoms with Gasteiger partial charge in [-0.2, -0.15) is 0 Å². The van der Waals surface area contributed by atoms with E-state index in [0.29, 0.717) is 0 Å². The minimum absolute atomic E-state index is 0.0825. The van der Waals surface area contributed by atoms with Gasteiger partial charge in [0.15, 0.2) is 0 Å². The van der Waals surface area contributed by atoms with Crippen LogP contribution in [0.2, 0.25) is 10.0 Å². The smallest absolute Gasteiger partial charge is 0.0627 e. The van der Waals surface area contributed by atoms with Crippen molar-refractivity contribution in [2.75, 3.05) is 0 Å². The Hall–Kier alpha value is -1.06. The number of aliphatic hydroxyl groups is 1. The maximum atomic E-state index is 10.7. The molecule has 122 valence electrons. The Labute approximate surface area is 147 Å². The van der Waals surface area contributed by atoms with Crippen LogP contribution < -0.4 is 5.32 Å². The molecule has 0 radical (unpaired) electrons. The molecule has 0 bridgehead atoms. The monoisotopic (exact) mass is 349 g/mol. The number of piperidine rings is 1. The molecule has 1 aliphatic rings. The van der Waals surface area contributed by atoms with Gasteiger partial charge < -0.3 is 10.4 Å². The van der Waals surface area contributed by atoms with Crippen LogP contribution in [0.4, 0.5) is 0 Å². The fourth-order valence-electron chi connectivity index (χ4n) is 3.51. The molecular formula is C19H21Cl2NO. The molecule has 0 aliphatic carbocycles.